The van der Waals surface area contributed by atoms with Crippen LogP contribution in [0.3, 0.4) is 0 Å². The van der Waals surface area contributed by atoms with Crippen LogP contribution < -0.4 is 5.32 Å². The summed E-state index contributed by atoms with van der Waals surface area (Å²) in [4.78, 5) is 11.4. The van der Waals surface area contributed by atoms with Gasteiger partial charge in [-0.05, 0) is 32.1 Å². The molecule has 0 aromatic carbocycles. The van der Waals surface area contributed by atoms with Crippen molar-refractivity contribution in [3.05, 3.63) is 11.6 Å². The molecule has 0 aliphatic heterocycles. The maximum atomic E-state index is 11.4. The van der Waals surface area contributed by atoms with Crippen LogP contribution in [0.15, 0.2) is 11.6 Å². The Morgan fingerprint density at radius 2 is 2.21 bits per heavy atom. The molecule has 1 rings (SSSR count). The van der Waals surface area contributed by atoms with E-state index in [1.165, 1.54) is 0 Å². The molecule has 3 nitrogen and oxygen atoms in total. The molecule has 0 unspecified atom stereocenters. The number of carbonyl (C=O) groups is 1. The number of carbonyl (C=O) groups excluding carboxylic acids is 1. The maximum Gasteiger partial charge on any atom is 0.246 e. The molecule has 1 fully saturated rings. The van der Waals surface area contributed by atoms with Crippen molar-refractivity contribution in [3.8, 4) is 0 Å². The lowest BCUT2D eigenvalue weighted by molar-refractivity contribution is -0.118. The van der Waals surface area contributed by atoms with E-state index in [1.54, 1.807) is 0 Å². The van der Waals surface area contributed by atoms with Gasteiger partial charge in [0.15, 0.2) is 0 Å². The normalized spacial score (nSPS) is 26.9. The van der Waals surface area contributed by atoms with Crippen molar-refractivity contribution in [2.24, 2.45) is 5.92 Å². The number of amides is 1. The number of allylic oxidation sites excluding steroid dienone is 1. The van der Waals surface area contributed by atoms with Crippen molar-refractivity contribution in [3.63, 3.8) is 0 Å². The molecule has 14 heavy (non-hydrogen) atoms. The van der Waals surface area contributed by atoms with Crippen LogP contribution in [0.4, 0.5) is 0 Å². The first kappa shape index (κ1) is 11.2. The fourth-order valence-electron chi connectivity index (χ4n) is 1.64. The van der Waals surface area contributed by atoms with Crippen molar-refractivity contribution in [2.75, 3.05) is 6.54 Å². The maximum absolute atomic E-state index is 11.4. The van der Waals surface area contributed by atoms with Gasteiger partial charge in [0.25, 0.3) is 0 Å². The predicted molar refractivity (Wildman–Crippen MR) is 55.8 cm³/mol. The second kappa shape index (κ2) is 5.15. The van der Waals surface area contributed by atoms with Crippen LogP contribution in [-0.2, 0) is 4.79 Å². The van der Waals surface area contributed by atoms with Gasteiger partial charge in [-0.15, -0.1) is 0 Å². The van der Waals surface area contributed by atoms with Crippen molar-refractivity contribution < 1.29 is 9.90 Å². The second-order valence-electron chi connectivity index (χ2n) is 4.00. The van der Waals surface area contributed by atoms with E-state index in [9.17, 15) is 4.79 Å². The number of rotatable bonds is 4. The minimum atomic E-state index is -0.135. The first-order chi connectivity index (χ1) is 6.63. The lowest BCUT2D eigenvalue weighted by Crippen LogP contribution is -2.38. The van der Waals surface area contributed by atoms with Gasteiger partial charge in [-0.1, -0.05) is 13.0 Å². The molecule has 0 bridgehead atoms. The van der Waals surface area contributed by atoms with Crippen LogP contribution in [0.5, 0.6) is 0 Å². The molecule has 0 saturated heterocycles. The van der Waals surface area contributed by atoms with E-state index >= 15 is 0 Å². The SMILES string of the molecule is CCC=C(C)C(=O)NCC1CC(O)C1. The summed E-state index contributed by atoms with van der Waals surface area (Å²) < 4.78 is 0. The van der Waals surface area contributed by atoms with E-state index in [2.05, 4.69) is 5.32 Å². The van der Waals surface area contributed by atoms with Crippen LogP contribution in [0, 0.1) is 5.92 Å². The Hall–Kier alpha value is -0.830. The Labute approximate surface area is 85.2 Å². The molecule has 0 aromatic heterocycles. The molecule has 2 N–H and O–H groups in total. The van der Waals surface area contributed by atoms with Gasteiger partial charge in [-0.2, -0.15) is 0 Å². The highest BCUT2D eigenvalue weighted by molar-refractivity contribution is 5.92. The monoisotopic (exact) mass is 197 g/mol. The molecule has 0 atom stereocenters. The molecular weight excluding hydrogens is 178 g/mol. The molecule has 1 amide bonds. The van der Waals surface area contributed by atoms with E-state index in [0.29, 0.717) is 12.5 Å². The van der Waals surface area contributed by atoms with Crippen molar-refractivity contribution in [1.82, 2.24) is 5.32 Å². The van der Waals surface area contributed by atoms with Crippen LogP contribution >= 0.6 is 0 Å². The van der Waals surface area contributed by atoms with Crippen LogP contribution in [0.1, 0.15) is 33.1 Å². The first-order valence-corrected chi connectivity index (χ1v) is 5.26. The average Bonchev–Trinajstić information content (AvgIpc) is 2.10. The minimum Gasteiger partial charge on any atom is -0.393 e. The zero-order valence-electron chi connectivity index (χ0n) is 8.92. The highest BCUT2D eigenvalue weighted by Gasteiger charge is 2.27. The molecule has 80 valence electrons. The topological polar surface area (TPSA) is 49.3 Å². The highest BCUT2D eigenvalue weighted by Crippen LogP contribution is 2.26. The zero-order valence-corrected chi connectivity index (χ0v) is 8.92. The van der Waals surface area contributed by atoms with Gasteiger partial charge in [-0.3, -0.25) is 4.79 Å². The number of aliphatic hydroxyl groups excluding tert-OH is 1. The first-order valence-electron chi connectivity index (χ1n) is 5.26. The molecule has 0 aromatic rings. The highest BCUT2D eigenvalue weighted by atomic mass is 16.3. The van der Waals surface area contributed by atoms with E-state index in [1.807, 2.05) is 19.9 Å². The predicted octanol–water partition coefficient (Wildman–Crippen LogP) is 1.23. The number of hydrogen-bond acceptors (Lipinski definition) is 2. The largest absolute Gasteiger partial charge is 0.393 e. The Kier molecular flexibility index (Phi) is 4.14. The summed E-state index contributed by atoms with van der Waals surface area (Å²) in [5.41, 5.74) is 0.785. The van der Waals surface area contributed by atoms with Crippen molar-refractivity contribution in [1.29, 1.82) is 0 Å². The molecule has 3 heteroatoms. The molecule has 0 spiro atoms. The Balaban J connectivity index is 2.18. The zero-order chi connectivity index (χ0) is 10.6. The summed E-state index contributed by atoms with van der Waals surface area (Å²) in [5, 5.41) is 11.9. The van der Waals surface area contributed by atoms with E-state index in [4.69, 9.17) is 5.11 Å². The molecule has 1 saturated carbocycles. The Morgan fingerprint density at radius 1 is 1.57 bits per heavy atom. The molecular formula is C11H19NO2. The Bertz CT molecular complexity index is 229. The summed E-state index contributed by atoms with van der Waals surface area (Å²) >= 11 is 0. The third-order valence-electron chi connectivity index (χ3n) is 2.63. The minimum absolute atomic E-state index is 0.0215. The van der Waals surface area contributed by atoms with E-state index < -0.39 is 0 Å². The van der Waals surface area contributed by atoms with Gasteiger partial charge in [0, 0.05) is 12.1 Å². The number of aliphatic hydroxyl groups is 1. The fraction of sp³-hybridized carbons (Fsp3) is 0.727. The van der Waals surface area contributed by atoms with Gasteiger partial charge < -0.3 is 10.4 Å². The summed E-state index contributed by atoms with van der Waals surface area (Å²) in [7, 11) is 0. The van der Waals surface area contributed by atoms with Crippen molar-refractivity contribution in [2.45, 2.75) is 39.2 Å². The standard InChI is InChI=1S/C11H19NO2/c1-3-4-8(2)11(14)12-7-9-5-10(13)6-9/h4,9-10,13H,3,5-7H2,1-2H3,(H,12,14). The third kappa shape index (κ3) is 3.14. The van der Waals surface area contributed by atoms with Crippen LogP contribution in [0.2, 0.25) is 0 Å². The quantitative estimate of drug-likeness (QED) is 0.666. The van der Waals surface area contributed by atoms with E-state index in [0.717, 1.165) is 24.8 Å². The lowest BCUT2D eigenvalue weighted by Gasteiger charge is -2.31. The van der Waals surface area contributed by atoms with Gasteiger partial charge in [0.1, 0.15) is 0 Å². The summed E-state index contributed by atoms with van der Waals surface area (Å²) in [5.74, 6) is 0.497. The van der Waals surface area contributed by atoms with Crippen LogP contribution in [-0.4, -0.2) is 23.7 Å². The van der Waals surface area contributed by atoms with Gasteiger partial charge in [-0.25, -0.2) is 0 Å². The van der Waals surface area contributed by atoms with Gasteiger partial charge >= 0.3 is 0 Å². The van der Waals surface area contributed by atoms with Crippen LogP contribution in [0.25, 0.3) is 0 Å². The van der Waals surface area contributed by atoms with Gasteiger partial charge in [0.2, 0.25) is 5.91 Å². The number of nitrogens with one attached hydrogen (secondary N) is 1. The summed E-state index contributed by atoms with van der Waals surface area (Å²) in [6, 6.07) is 0. The summed E-state index contributed by atoms with van der Waals surface area (Å²) in [6.45, 7) is 4.54. The smallest absolute Gasteiger partial charge is 0.246 e. The average molecular weight is 197 g/mol. The van der Waals surface area contributed by atoms with Gasteiger partial charge in [0.05, 0.1) is 6.10 Å². The lowest BCUT2D eigenvalue weighted by atomic mass is 9.82. The molecule has 0 heterocycles. The number of hydrogen-bond donors (Lipinski definition) is 2. The second-order valence-corrected chi connectivity index (χ2v) is 4.00. The molecule has 1 aliphatic rings. The molecule has 0 radical (unpaired) electrons. The summed E-state index contributed by atoms with van der Waals surface area (Å²) in [6.07, 6.45) is 4.34. The third-order valence-corrected chi connectivity index (χ3v) is 2.63. The Morgan fingerprint density at radius 3 is 2.71 bits per heavy atom. The van der Waals surface area contributed by atoms with E-state index in [-0.39, 0.29) is 12.0 Å². The fourth-order valence-corrected chi connectivity index (χ4v) is 1.64. The van der Waals surface area contributed by atoms with Crippen molar-refractivity contribution >= 4 is 5.91 Å². The molecule has 1 aliphatic carbocycles.